The minimum atomic E-state index is -0.265. The van der Waals surface area contributed by atoms with Gasteiger partial charge in [0.25, 0.3) is 0 Å². The highest BCUT2D eigenvalue weighted by molar-refractivity contribution is 5.88. The third-order valence-corrected chi connectivity index (χ3v) is 4.98. The first kappa shape index (κ1) is 14.0. The fourth-order valence-corrected chi connectivity index (χ4v) is 3.73. The van der Waals surface area contributed by atoms with Gasteiger partial charge < -0.3 is 14.5 Å². The van der Waals surface area contributed by atoms with Gasteiger partial charge in [-0.3, -0.25) is 4.90 Å². The van der Waals surface area contributed by atoms with Gasteiger partial charge in [-0.05, 0) is 37.0 Å². The molecule has 2 aliphatic rings. The first-order valence-corrected chi connectivity index (χ1v) is 7.89. The molecule has 0 amide bonds. The summed E-state index contributed by atoms with van der Waals surface area (Å²) in [6, 6.07) is 5.00. The van der Waals surface area contributed by atoms with Crippen LogP contribution < -0.4 is 4.90 Å². The average Bonchev–Trinajstić information content (AvgIpc) is 2.96. The van der Waals surface area contributed by atoms with Crippen LogP contribution in [0, 0.1) is 11.7 Å². The van der Waals surface area contributed by atoms with Crippen LogP contribution in [0.3, 0.4) is 0 Å². The van der Waals surface area contributed by atoms with E-state index in [1.54, 1.807) is 6.07 Å². The molecule has 6 heteroatoms. The lowest BCUT2D eigenvalue weighted by molar-refractivity contribution is 0.0672. The van der Waals surface area contributed by atoms with Crippen LogP contribution >= 0.6 is 0 Å². The van der Waals surface area contributed by atoms with Crippen molar-refractivity contribution in [3.8, 4) is 0 Å². The van der Waals surface area contributed by atoms with Crippen LogP contribution in [0.4, 0.5) is 10.2 Å². The number of aliphatic hydroxyl groups is 1. The molecule has 0 bridgehead atoms. The first-order chi connectivity index (χ1) is 10.7. The lowest BCUT2D eigenvalue weighted by atomic mass is 9.91. The summed E-state index contributed by atoms with van der Waals surface area (Å²) in [6.45, 7) is 3.94. The van der Waals surface area contributed by atoms with E-state index in [9.17, 15) is 9.50 Å². The minimum Gasteiger partial charge on any atom is -0.396 e. The molecule has 2 saturated heterocycles. The molecule has 4 rings (SSSR count). The maximum Gasteiger partial charge on any atom is 0.180 e. The van der Waals surface area contributed by atoms with Crippen molar-refractivity contribution < 1.29 is 14.0 Å². The Balaban J connectivity index is 1.56. The number of benzene rings is 1. The number of anilines is 1. The summed E-state index contributed by atoms with van der Waals surface area (Å²) in [6.07, 6.45) is 2.16. The van der Waals surface area contributed by atoms with Crippen LogP contribution in [0.15, 0.2) is 22.7 Å². The summed E-state index contributed by atoms with van der Waals surface area (Å²) >= 11 is 0. The van der Waals surface area contributed by atoms with E-state index in [1.807, 2.05) is 0 Å². The number of hydrogen-bond acceptors (Lipinski definition) is 5. The number of aliphatic hydroxyl groups excluding tert-OH is 1. The van der Waals surface area contributed by atoms with Gasteiger partial charge in [0, 0.05) is 38.8 Å². The topological polar surface area (TPSA) is 52.7 Å². The third-order valence-electron chi connectivity index (χ3n) is 4.98. The zero-order chi connectivity index (χ0) is 15.1. The average molecular weight is 305 g/mol. The van der Waals surface area contributed by atoms with Crippen molar-refractivity contribution in [3.05, 3.63) is 24.0 Å². The summed E-state index contributed by atoms with van der Waals surface area (Å²) in [4.78, 5) is 4.66. The summed E-state index contributed by atoms with van der Waals surface area (Å²) in [5, 5.41) is 14.2. The molecule has 1 N–H and O–H groups in total. The van der Waals surface area contributed by atoms with Gasteiger partial charge in [-0.2, -0.15) is 0 Å². The Morgan fingerprint density at radius 1 is 1.27 bits per heavy atom. The Labute approximate surface area is 128 Å². The van der Waals surface area contributed by atoms with Gasteiger partial charge in [-0.25, -0.2) is 4.39 Å². The third kappa shape index (κ3) is 2.36. The van der Waals surface area contributed by atoms with Crippen LogP contribution in [-0.4, -0.2) is 54.0 Å². The second-order valence-corrected chi connectivity index (χ2v) is 6.37. The number of nitrogens with zero attached hydrogens (tertiary/aromatic N) is 3. The number of rotatable bonds is 2. The van der Waals surface area contributed by atoms with Crippen molar-refractivity contribution in [2.24, 2.45) is 5.92 Å². The lowest BCUT2D eigenvalue weighted by Crippen LogP contribution is -2.57. The van der Waals surface area contributed by atoms with Gasteiger partial charge in [-0.15, -0.1) is 0 Å². The van der Waals surface area contributed by atoms with Gasteiger partial charge in [0.1, 0.15) is 5.82 Å². The molecule has 22 heavy (non-hydrogen) atoms. The lowest BCUT2D eigenvalue weighted by Gasteiger charge is -2.46. The molecular formula is C16H20FN3O2. The Morgan fingerprint density at radius 3 is 3.05 bits per heavy atom. The summed E-state index contributed by atoms with van der Waals surface area (Å²) in [7, 11) is 0. The maximum atomic E-state index is 13.5. The second kappa shape index (κ2) is 5.52. The van der Waals surface area contributed by atoms with Gasteiger partial charge in [0.15, 0.2) is 11.4 Å². The standard InChI is InChI=1S/C16H20FN3O2/c17-12-2-4-15-14(7-12)16(18-22-15)20-6-5-19-8-11(10-21)1-3-13(19)9-20/h2,4,7,11,13,21H,1,3,5-6,8-10H2/t11-,13+/m1/s1. The highest BCUT2D eigenvalue weighted by Crippen LogP contribution is 2.31. The van der Waals surface area contributed by atoms with Crippen molar-refractivity contribution in [2.45, 2.75) is 18.9 Å². The van der Waals surface area contributed by atoms with E-state index in [0.717, 1.165) is 50.2 Å². The Bertz CT molecular complexity index is 674. The number of halogens is 1. The quantitative estimate of drug-likeness (QED) is 0.918. The minimum absolute atomic E-state index is 0.265. The van der Waals surface area contributed by atoms with Crippen LogP contribution in [0.25, 0.3) is 11.0 Å². The number of piperidine rings is 1. The molecule has 2 atom stereocenters. The highest BCUT2D eigenvalue weighted by Gasteiger charge is 2.33. The van der Waals surface area contributed by atoms with E-state index in [0.29, 0.717) is 17.5 Å². The molecule has 2 aliphatic heterocycles. The van der Waals surface area contributed by atoms with E-state index in [1.165, 1.54) is 12.1 Å². The molecule has 0 spiro atoms. The predicted octanol–water partition coefficient (Wildman–Crippen LogP) is 1.86. The predicted molar refractivity (Wildman–Crippen MR) is 81.4 cm³/mol. The molecule has 118 valence electrons. The monoisotopic (exact) mass is 305 g/mol. The summed E-state index contributed by atoms with van der Waals surface area (Å²) < 4.78 is 18.8. The van der Waals surface area contributed by atoms with Crippen LogP contribution in [0.5, 0.6) is 0 Å². The molecule has 0 aliphatic carbocycles. The zero-order valence-electron chi connectivity index (χ0n) is 12.4. The number of piperazine rings is 1. The molecule has 1 aromatic heterocycles. The fourth-order valence-electron chi connectivity index (χ4n) is 3.73. The fraction of sp³-hybridized carbons (Fsp3) is 0.562. The number of fused-ring (bicyclic) bond motifs is 2. The van der Waals surface area contributed by atoms with Crippen LogP contribution in [-0.2, 0) is 0 Å². The molecule has 1 aromatic carbocycles. The van der Waals surface area contributed by atoms with Gasteiger partial charge in [-0.1, -0.05) is 5.16 Å². The van der Waals surface area contributed by atoms with E-state index in [4.69, 9.17) is 4.52 Å². The van der Waals surface area contributed by atoms with Gasteiger partial charge in [0.05, 0.1) is 5.39 Å². The van der Waals surface area contributed by atoms with Crippen molar-refractivity contribution in [1.29, 1.82) is 0 Å². The van der Waals surface area contributed by atoms with E-state index in [-0.39, 0.29) is 12.4 Å². The molecule has 2 fully saturated rings. The Kier molecular flexibility index (Phi) is 3.50. The largest absolute Gasteiger partial charge is 0.396 e. The van der Waals surface area contributed by atoms with Crippen molar-refractivity contribution in [3.63, 3.8) is 0 Å². The molecule has 2 aromatic rings. The molecule has 0 unspecified atom stereocenters. The summed E-state index contributed by atoms with van der Waals surface area (Å²) in [5.41, 5.74) is 0.628. The second-order valence-electron chi connectivity index (χ2n) is 6.37. The van der Waals surface area contributed by atoms with E-state index in [2.05, 4.69) is 15.0 Å². The van der Waals surface area contributed by atoms with Crippen molar-refractivity contribution >= 4 is 16.8 Å². The van der Waals surface area contributed by atoms with E-state index >= 15 is 0 Å². The Hall–Kier alpha value is -1.66. The summed E-state index contributed by atoms with van der Waals surface area (Å²) in [5.74, 6) is 0.891. The van der Waals surface area contributed by atoms with Crippen LogP contribution in [0.2, 0.25) is 0 Å². The molecule has 3 heterocycles. The van der Waals surface area contributed by atoms with Gasteiger partial charge in [0.2, 0.25) is 0 Å². The normalized spacial score (nSPS) is 26.4. The highest BCUT2D eigenvalue weighted by atomic mass is 19.1. The molecule has 0 saturated carbocycles. The Morgan fingerprint density at radius 2 is 2.18 bits per heavy atom. The van der Waals surface area contributed by atoms with Crippen molar-refractivity contribution in [1.82, 2.24) is 10.1 Å². The first-order valence-electron chi connectivity index (χ1n) is 7.89. The van der Waals surface area contributed by atoms with Crippen molar-refractivity contribution in [2.75, 3.05) is 37.7 Å². The number of aromatic nitrogens is 1. The van der Waals surface area contributed by atoms with Crippen LogP contribution in [0.1, 0.15) is 12.8 Å². The van der Waals surface area contributed by atoms with Gasteiger partial charge >= 0.3 is 0 Å². The molecule has 0 radical (unpaired) electrons. The smallest absolute Gasteiger partial charge is 0.180 e. The zero-order valence-corrected chi connectivity index (χ0v) is 12.4. The molecular weight excluding hydrogens is 285 g/mol. The number of hydrogen-bond donors (Lipinski definition) is 1. The van der Waals surface area contributed by atoms with E-state index < -0.39 is 0 Å². The SMILES string of the molecule is OC[C@@H]1CC[C@H]2CN(c3noc4ccc(F)cc34)CCN2C1. The molecule has 5 nitrogen and oxygen atoms in total. The maximum absolute atomic E-state index is 13.5.